The summed E-state index contributed by atoms with van der Waals surface area (Å²) in [4.78, 5) is 4.20. The normalized spacial score (nSPS) is 12.0. The van der Waals surface area contributed by atoms with Crippen molar-refractivity contribution in [1.82, 2.24) is 5.32 Å². The first-order valence-corrected chi connectivity index (χ1v) is 8.11. The van der Waals surface area contributed by atoms with Crippen molar-refractivity contribution in [2.24, 2.45) is 10.7 Å². The lowest BCUT2D eigenvalue weighted by Gasteiger charge is -2.15. The Kier molecular flexibility index (Phi) is 9.82. The smallest absolute Gasteiger partial charge is 0.188 e. The highest BCUT2D eigenvalue weighted by Gasteiger charge is 2.14. The molecule has 0 aliphatic rings. The lowest BCUT2D eigenvalue weighted by molar-refractivity contribution is 0.182. The molecule has 26 heavy (non-hydrogen) atoms. The van der Waals surface area contributed by atoms with E-state index in [0.29, 0.717) is 29.6 Å². The van der Waals surface area contributed by atoms with E-state index in [0.717, 1.165) is 6.42 Å². The lowest BCUT2D eigenvalue weighted by atomic mass is 10.1. The predicted octanol–water partition coefficient (Wildman–Crippen LogP) is 2.50. The zero-order valence-electron chi connectivity index (χ0n) is 15.0. The van der Waals surface area contributed by atoms with E-state index in [1.807, 2.05) is 18.2 Å². The average Bonchev–Trinajstić information content (AvgIpc) is 2.66. The summed E-state index contributed by atoms with van der Waals surface area (Å²) in [6, 6.07) is 15.4. The van der Waals surface area contributed by atoms with Gasteiger partial charge in [0, 0.05) is 12.1 Å². The standard InChI is InChI=1S/C19H25N3O3.HI/c1-24-15-8-9-18(25-2)16(12-15)17(23)13-22-19(20)21-11-10-14-6-4-3-5-7-14;/h3-9,12,17,23H,10-11,13H2,1-2H3,(H3,20,21,22);1H. The number of aliphatic hydroxyl groups excluding tert-OH is 1. The molecule has 0 amide bonds. The number of benzene rings is 2. The lowest BCUT2D eigenvalue weighted by Crippen LogP contribution is -2.33. The summed E-state index contributed by atoms with van der Waals surface area (Å²) < 4.78 is 10.5. The molecule has 7 heteroatoms. The maximum Gasteiger partial charge on any atom is 0.188 e. The zero-order valence-corrected chi connectivity index (χ0v) is 17.3. The van der Waals surface area contributed by atoms with E-state index in [4.69, 9.17) is 15.2 Å². The number of hydrogen-bond donors (Lipinski definition) is 3. The van der Waals surface area contributed by atoms with Crippen LogP contribution >= 0.6 is 24.0 Å². The molecule has 0 aliphatic carbocycles. The van der Waals surface area contributed by atoms with Crippen LogP contribution < -0.4 is 20.5 Å². The van der Waals surface area contributed by atoms with E-state index >= 15 is 0 Å². The Labute approximate surface area is 171 Å². The summed E-state index contributed by atoms with van der Waals surface area (Å²) in [5.41, 5.74) is 7.70. The Balaban J connectivity index is 0.00000338. The van der Waals surface area contributed by atoms with Crippen molar-refractivity contribution < 1.29 is 14.6 Å². The van der Waals surface area contributed by atoms with Gasteiger partial charge in [0.05, 0.1) is 20.8 Å². The van der Waals surface area contributed by atoms with Gasteiger partial charge in [0.25, 0.3) is 0 Å². The van der Waals surface area contributed by atoms with E-state index in [2.05, 4.69) is 22.4 Å². The van der Waals surface area contributed by atoms with Crippen molar-refractivity contribution in [1.29, 1.82) is 0 Å². The summed E-state index contributed by atoms with van der Waals surface area (Å²) >= 11 is 0. The molecule has 0 aromatic heterocycles. The summed E-state index contributed by atoms with van der Waals surface area (Å²) in [7, 11) is 3.13. The molecular weight excluding hydrogens is 445 g/mol. The molecule has 0 saturated carbocycles. The minimum Gasteiger partial charge on any atom is -0.497 e. The first-order chi connectivity index (χ1) is 12.1. The third kappa shape index (κ3) is 6.72. The van der Waals surface area contributed by atoms with Crippen LogP contribution in [0.4, 0.5) is 0 Å². The molecule has 0 saturated heterocycles. The van der Waals surface area contributed by atoms with Crippen molar-refractivity contribution >= 4 is 29.9 Å². The average molecular weight is 471 g/mol. The van der Waals surface area contributed by atoms with Crippen LogP contribution in [-0.4, -0.2) is 38.4 Å². The highest BCUT2D eigenvalue weighted by molar-refractivity contribution is 14.0. The second-order valence-electron chi connectivity index (χ2n) is 5.51. The fourth-order valence-electron chi connectivity index (χ4n) is 2.42. The number of guanidine groups is 1. The van der Waals surface area contributed by atoms with Gasteiger partial charge >= 0.3 is 0 Å². The predicted molar refractivity (Wildman–Crippen MR) is 115 cm³/mol. The molecule has 6 nitrogen and oxygen atoms in total. The Morgan fingerprint density at radius 1 is 1.15 bits per heavy atom. The van der Waals surface area contributed by atoms with Crippen LogP contribution in [0.2, 0.25) is 0 Å². The Bertz CT molecular complexity index is 696. The van der Waals surface area contributed by atoms with Gasteiger partial charge in [-0.05, 0) is 30.2 Å². The number of nitrogens with two attached hydrogens (primary N) is 1. The number of rotatable bonds is 8. The SMILES string of the molecule is COc1ccc(OC)c(C(O)CN=C(N)NCCc2ccccc2)c1.I. The number of hydrogen-bond acceptors (Lipinski definition) is 4. The van der Waals surface area contributed by atoms with Crippen molar-refractivity contribution in [2.75, 3.05) is 27.3 Å². The number of nitrogens with one attached hydrogen (secondary N) is 1. The van der Waals surface area contributed by atoms with Gasteiger partial charge in [-0.15, -0.1) is 24.0 Å². The monoisotopic (exact) mass is 471 g/mol. The quantitative estimate of drug-likeness (QED) is 0.313. The molecule has 0 spiro atoms. The molecule has 2 aromatic carbocycles. The summed E-state index contributed by atoms with van der Waals surface area (Å²) in [5.74, 6) is 1.53. The van der Waals surface area contributed by atoms with Crippen LogP contribution in [0.5, 0.6) is 11.5 Å². The van der Waals surface area contributed by atoms with E-state index in [1.54, 1.807) is 32.4 Å². The molecule has 2 aromatic rings. The Hall–Kier alpha value is -2.00. The van der Waals surface area contributed by atoms with E-state index < -0.39 is 6.10 Å². The molecule has 0 bridgehead atoms. The molecule has 0 radical (unpaired) electrons. The molecule has 0 heterocycles. The molecule has 0 aliphatic heterocycles. The zero-order chi connectivity index (χ0) is 18.1. The number of aliphatic hydroxyl groups is 1. The number of methoxy groups -OCH3 is 2. The second kappa shape index (κ2) is 11.6. The molecule has 2 rings (SSSR count). The third-order valence-electron chi connectivity index (χ3n) is 3.79. The third-order valence-corrected chi connectivity index (χ3v) is 3.79. The fraction of sp³-hybridized carbons (Fsp3) is 0.316. The van der Waals surface area contributed by atoms with Gasteiger partial charge in [-0.3, -0.25) is 4.99 Å². The van der Waals surface area contributed by atoms with E-state index in [-0.39, 0.29) is 30.5 Å². The first kappa shape index (κ1) is 22.0. The van der Waals surface area contributed by atoms with Crippen molar-refractivity contribution in [3.8, 4) is 11.5 Å². The van der Waals surface area contributed by atoms with Crippen molar-refractivity contribution in [3.05, 3.63) is 59.7 Å². The van der Waals surface area contributed by atoms with Gasteiger partial charge in [-0.25, -0.2) is 0 Å². The number of aliphatic imine (C=N–C) groups is 1. The van der Waals surface area contributed by atoms with Crippen LogP contribution in [0.15, 0.2) is 53.5 Å². The largest absolute Gasteiger partial charge is 0.497 e. The van der Waals surface area contributed by atoms with Crippen molar-refractivity contribution in [3.63, 3.8) is 0 Å². The molecular formula is C19H26IN3O3. The summed E-state index contributed by atoms with van der Waals surface area (Å²) in [6.07, 6.45) is 0.0167. The van der Waals surface area contributed by atoms with Crippen LogP contribution in [0.3, 0.4) is 0 Å². The highest BCUT2D eigenvalue weighted by atomic mass is 127. The van der Waals surface area contributed by atoms with Crippen LogP contribution in [0, 0.1) is 0 Å². The molecule has 4 N–H and O–H groups in total. The van der Waals surface area contributed by atoms with Gasteiger partial charge in [-0.1, -0.05) is 30.3 Å². The van der Waals surface area contributed by atoms with Crippen molar-refractivity contribution in [2.45, 2.75) is 12.5 Å². The number of ether oxygens (including phenoxy) is 2. The van der Waals surface area contributed by atoms with Gasteiger partial charge in [0.2, 0.25) is 0 Å². The van der Waals surface area contributed by atoms with Crippen LogP contribution in [0.25, 0.3) is 0 Å². The maximum atomic E-state index is 10.4. The number of halogens is 1. The fourth-order valence-corrected chi connectivity index (χ4v) is 2.42. The summed E-state index contributed by atoms with van der Waals surface area (Å²) in [6.45, 7) is 0.811. The summed E-state index contributed by atoms with van der Waals surface area (Å²) in [5, 5.41) is 13.4. The maximum absolute atomic E-state index is 10.4. The van der Waals surface area contributed by atoms with Gasteiger partial charge < -0.3 is 25.6 Å². The van der Waals surface area contributed by atoms with Gasteiger partial charge in [0.15, 0.2) is 5.96 Å². The van der Waals surface area contributed by atoms with E-state index in [1.165, 1.54) is 5.56 Å². The van der Waals surface area contributed by atoms with Gasteiger partial charge in [-0.2, -0.15) is 0 Å². The minimum absolute atomic E-state index is 0. The molecule has 142 valence electrons. The van der Waals surface area contributed by atoms with Crippen LogP contribution in [-0.2, 0) is 6.42 Å². The Morgan fingerprint density at radius 2 is 1.88 bits per heavy atom. The Morgan fingerprint density at radius 3 is 2.54 bits per heavy atom. The molecule has 1 atom stereocenters. The second-order valence-corrected chi connectivity index (χ2v) is 5.51. The van der Waals surface area contributed by atoms with Crippen LogP contribution in [0.1, 0.15) is 17.2 Å². The first-order valence-electron chi connectivity index (χ1n) is 8.11. The molecule has 1 unspecified atom stereocenters. The molecule has 0 fully saturated rings. The minimum atomic E-state index is -0.834. The van der Waals surface area contributed by atoms with Gasteiger partial charge in [0.1, 0.15) is 17.6 Å². The van der Waals surface area contributed by atoms with E-state index in [9.17, 15) is 5.11 Å². The topological polar surface area (TPSA) is 89.1 Å². The number of nitrogens with zero attached hydrogens (tertiary/aromatic N) is 1. The highest BCUT2D eigenvalue weighted by Crippen LogP contribution is 2.29.